The smallest absolute Gasteiger partial charge is 0.277 e. The van der Waals surface area contributed by atoms with E-state index in [4.69, 9.17) is 0 Å². The Hall–Kier alpha value is -2.88. The van der Waals surface area contributed by atoms with Crippen LogP contribution in [-0.4, -0.2) is 41.2 Å². The molecule has 4 heteroatoms. The molecule has 1 saturated heterocycles. The van der Waals surface area contributed by atoms with E-state index in [2.05, 4.69) is 4.90 Å². The van der Waals surface area contributed by atoms with Crippen molar-refractivity contribution < 1.29 is 9.59 Å². The second-order valence-corrected chi connectivity index (χ2v) is 7.28. The van der Waals surface area contributed by atoms with E-state index in [0.717, 1.165) is 42.6 Å². The molecule has 2 amide bonds. The molecule has 2 aliphatic rings. The van der Waals surface area contributed by atoms with Crippen LogP contribution in [0.2, 0.25) is 0 Å². The Morgan fingerprint density at radius 2 is 1.52 bits per heavy atom. The lowest BCUT2D eigenvalue weighted by atomic mass is 10.0. The highest BCUT2D eigenvalue weighted by Gasteiger charge is 2.41. The van der Waals surface area contributed by atoms with Crippen molar-refractivity contribution in [3.63, 3.8) is 0 Å². The number of rotatable bonds is 5. The summed E-state index contributed by atoms with van der Waals surface area (Å²) in [4.78, 5) is 29.9. The molecule has 0 unspecified atom stereocenters. The Labute approximate surface area is 160 Å². The number of aryl methyl sites for hydroxylation is 1. The monoisotopic (exact) mass is 360 g/mol. The van der Waals surface area contributed by atoms with Crippen LogP contribution >= 0.6 is 0 Å². The summed E-state index contributed by atoms with van der Waals surface area (Å²) in [6.07, 6.45) is 2.80. The first kappa shape index (κ1) is 17.5. The molecule has 0 saturated carbocycles. The minimum absolute atomic E-state index is 0.145. The van der Waals surface area contributed by atoms with Crippen LogP contribution in [0.4, 0.5) is 0 Å². The van der Waals surface area contributed by atoms with Crippen molar-refractivity contribution in [2.75, 3.05) is 19.6 Å². The number of hydrogen-bond donors (Lipinski definition) is 0. The van der Waals surface area contributed by atoms with Crippen LogP contribution in [0.3, 0.4) is 0 Å². The zero-order chi connectivity index (χ0) is 18.8. The van der Waals surface area contributed by atoms with Gasteiger partial charge in [0, 0.05) is 19.6 Å². The summed E-state index contributed by atoms with van der Waals surface area (Å²) >= 11 is 0. The van der Waals surface area contributed by atoms with Gasteiger partial charge in [-0.25, -0.2) is 0 Å². The van der Waals surface area contributed by atoms with Crippen LogP contribution in [0.1, 0.15) is 29.5 Å². The van der Waals surface area contributed by atoms with Crippen LogP contribution < -0.4 is 0 Å². The molecule has 4 rings (SSSR count). The van der Waals surface area contributed by atoms with E-state index in [0.29, 0.717) is 24.2 Å². The largest absolute Gasteiger partial charge is 0.366 e. The highest BCUT2D eigenvalue weighted by Crippen LogP contribution is 2.33. The van der Waals surface area contributed by atoms with Gasteiger partial charge in [0.2, 0.25) is 0 Å². The van der Waals surface area contributed by atoms with Gasteiger partial charge >= 0.3 is 0 Å². The Kier molecular flexibility index (Phi) is 4.80. The van der Waals surface area contributed by atoms with Gasteiger partial charge in [-0.3, -0.25) is 14.5 Å². The van der Waals surface area contributed by atoms with Crippen molar-refractivity contribution in [2.45, 2.75) is 26.2 Å². The Morgan fingerprint density at radius 1 is 0.852 bits per heavy atom. The topological polar surface area (TPSA) is 40.6 Å². The predicted molar refractivity (Wildman–Crippen MR) is 106 cm³/mol. The molecular formula is C23H24N2O2. The van der Waals surface area contributed by atoms with E-state index < -0.39 is 0 Å². The molecule has 2 heterocycles. The molecule has 27 heavy (non-hydrogen) atoms. The van der Waals surface area contributed by atoms with E-state index in [1.54, 1.807) is 0 Å². The zero-order valence-corrected chi connectivity index (χ0v) is 15.6. The summed E-state index contributed by atoms with van der Waals surface area (Å²) in [6.45, 7) is 4.12. The number of benzene rings is 2. The number of carbonyl (C=O) groups is 2. The molecule has 0 N–H and O–H groups in total. The summed E-state index contributed by atoms with van der Waals surface area (Å²) in [5, 5.41) is 0. The minimum atomic E-state index is -0.165. The van der Waals surface area contributed by atoms with Crippen molar-refractivity contribution in [1.29, 1.82) is 0 Å². The van der Waals surface area contributed by atoms with Crippen molar-refractivity contribution >= 4 is 17.4 Å². The number of likely N-dealkylation sites (tertiary alicyclic amines) is 1. The van der Waals surface area contributed by atoms with Crippen molar-refractivity contribution in [3.8, 4) is 0 Å². The molecule has 2 aromatic rings. The van der Waals surface area contributed by atoms with Crippen molar-refractivity contribution in [2.24, 2.45) is 0 Å². The molecule has 138 valence electrons. The summed E-state index contributed by atoms with van der Waals surface area (Å²) in [5.41, 5.74) is 4.26. The quantitative estimate of drug-likeness (QED) is 0.767. The average Bonchev–Trinajstić information content (AvgIpc) is 3.29. The molecule has 2 aromatic carbocycles. The van der Waals surface area contributed by atoms with E-state index >= 15 is 0 Å². The predicted octanol–water partition coefficient (Wildman–Crippen LogP) is 3.41. The molecule has 0 aromatic heterocycles. The number of carbonyl (C=O) groups excluding carboxylic acids is 2. The number of hydrogen-bond acceptors (Lipinski definition) is 3. The maximum absolute atomic E-state index is 13.2. The van der Waals surface area contributed by atoms with Gasteiger partial charge in [0.1, 0.15) is 5.70 Å². The van der Waals surface area contributed by atoms with Gasteiger partial charge in [0.15, 0.2) is 0 Å². The van der Waals surface area contributed by atoms with E-state index in [-0.39, 0.29) is 11.8 Å². The van der Waals surface area contributed by atoms with E-state index in [1.807, 2.05) is 61.5 Å². The van der Waals surface area contributed by atoms with Crippen LogP contribution in [-0.2, 0) is 16.0 Å². The lowest BCUT2D eigenvalue weighted by molar-refractivity contribution is -0.137. The summed E-state index contributed by atoms with van der Waals surface area (Å²) in [7, 11) is 0. The lowest BCUT2D eigenvalue weighted by Gasteiger charge is -2.20. The van der Waals surface area contributed by atoms with Gasteiger partial charge in [0.05, 0.1) is 5.57 Å². The second kappa shape index (κ2) is 7.39. The fourth-order valence-corrected chi connectivity index (χ4v) is 3.87. The molecule has 1 fully saturated rings. The maximum atomic E-state index is 13.2. The first-order valence-electron chi connectivity index (χ1n) is 9.61. The third-order valence-electron chi connectivity index (χ3n) is 5.37. The normalized spacial score (nSPS) is 17.4. The standard InChI is InChI=1S/C23H24N2O2/c1-17-9-11-19(12-10-17)20-21(24-14-5-6-15-24)23(27)25(22(20)26)16-13-18-7-3-2-4-8-18/h2-4,7-12H,5-6,13-16H2,1H3. The number of amides is 2. The average molecular weight is 360 g/mol. The Balaban J connectivity index is 1.65. The number of imide groups is 1. The summed E-state index contributed by atoms with van der Waals surface area (Å²) < 4.78 is 0. The van der Waals surface area contributed by atoms with Crippen LogP contribution in [0.5, 0.6) is 0 Å². The van der Waals surface area contributed by atoms with Gasteiger partial charge in [-0.15, -0.1) is 0 Å². The minimum Gasteiger partial charge on any atom is -0.366 e. The SMILES string of the molecule is Cc1ccc(C2=C(N3CCCC3)C(=O)N(CCc3ccccc3)C2=O)cc1. The molecule has 4 nitrogen and oxygen atoms in total. The molecule has 0 spiro atoms. The van der Waals surface area contributed by atoms with Gasteiger partial charge in [-0.05, 0) is 37.3 Å². The molecule has 2 aliphatic heterocycles. The van der Waals surface area contributed by atoms with Crippen LogP contribution in [0.15, 0.2) is 60.3 Å². The van der Waals surface area contributed by atoms with Crippen molar-refractivity contribution in [1.82, 2.24) is 9.80 Å². The van der Waals surface area contributed by atoms with E-state index in [1.165, 1.54) is 4.90 Å². The fourth-order valence-electron chi connectivity index (χ4n) is 3.87. The van der Waals surface area contributed by atoms with Crippen LogP contribution in [0.25, 0.3) is 5.57 Å². The third kappa shape index (κ3) is 3.39. The fraction of sp³-hybridized carbons (Fsp3) is 0.304. The molecule has 0 bridgehead atoms. The maximum Gasteiger partial charge on any atom is 0.277 e. The van der Waals surface area contributed by atoms with Gasteiger partial charge in [0.25, 0.3) is 11.8 Å². The molecular weight excluding hydrogens is 336 g/mol. The van der Waals surface area contributed by atoms with Gasteiger partial charge in [-0.1, -0.05) is 60.2 Å². The summed E-state index contributed by atoms with van der Waals surface area (Å²) in [5.74, 6) is -0.310. The molecule has 0 aliphatic carbocycles. The zero-order valence-electron chi connectivity index (χ0n) is 15.6. The van der Waals surface area contributed by atoms with Crippen molar-refractivity contribution in [3.05, 3.63) is 77.0 Å². The molecule has 0 atom stereocenters. The first-order valence-corrected chi connectivity index (χ1v) is 9.61. The second-order valence-electron chi connectivity index (χ2n) is 7.28. The third-order valence-corrected chi connectivity index (χ3v) is 5.37. The number of nitrogens with zero attached hydrogens (tertiary/aromatic N) is 2. The van der Waals surface area contributed by atoms with Gasteiger partial charge in [-0.2, -0.15) is 0 Å². The Morgan fingerprint density at radius 3 is 2.19 bits per heavy atom. The van der Waals surface area contributed by atoms with Crippen LogP contribution in [0, 0.1) is 6.92 Å². The van der Waals surface area contributed by atoms with Gasteiger partial charge < -0.3 is 4.90 Å². The molecule has 0 radical (unpaired) electrons. The highest BCUT2D eigenvalue weighted by molar-refractivity contribution is 6.35. The summed E-state index contributed by atoms with van der Waals surface area (Å²) in [6, 6.07) is 17.9. The highest BCUT2D eigenvalue weighted by atomic mass is 16.2. The Bertz CT molecular complexity index is 878. The first-order chi connectivity index (χ1) is 13.1. The van der Waals surface area contributed by atoms with E-state index in [9.17, 15) is 9.59 Å². The lowest BCUT2D eigenvalue weighted by Crippen LogP contribution is -2.36.